The normalized spacial score (nSPS) is 15.3. The first-order valence-electron chi connectivity index (χ1n) is 10.2. The van der Waals surface area contributed by atoms with E-state index in [1.54, 1.807) is 4.90 Å². The van der Waals surface area contributed by atoms with Gasteiger partial charge >= 0.3 is 0 Å². The van der Waals surface area contributed by atoms with Crippen LogP contribution in [0.5, 0.6) is 5.75 Å². The Morgan fingerprint density at radius 3 is 2.63 bits per heavy atom. The molecule has 0 bridgehead atoms. The number of carbonyl (C=O) groups excluding carboxylic acids is 1. The summed E-state index contributed by atoms with van der Waals surface area (Å²) >= 11 is 5.26. The fourth-order valence-corrected chi connectivity index (χ4v) is 3.97. The van der Waals surface area contributed by atoms with Gasteiger partial charge in [0.15, 0.2) is 5.11 Å². The molecular weight excluding hydrogens is 394 g/mol. The molecule has 0 unspecified atom stereocenters. The van der Waals surface area contributed by atoms with Crippen molar-refractivity contribution < 1.29 is 9.53 Å². The number of aryl methyl sites for hydroxylation is 2. The number of ether oxygens (including phenoxy) is 1. The molecule has 6 heteroatoms. The molecule has 3 aromatic rings. The maximum absolute atomic E-state index is 12.5. The maximum atomic E-state index is 12.5. The van der Waals surface area contributed by atoms with Crippen molar-refractivity contribution in [2.75, 3.05) is 13.2 Å². The molecule has 30 heavy (non-hydrogen) atoms. The predicted molar refractivity (Wildman–Crippen MR) is 124 cm³/mol. The Hall–Kier alpha value is -3.12. The molecule has 0 spiro atoms. The highest BCUT2D eigenvalue weighted by Gasteiger charge is 2.29. The Balaban J connectivity index is 1.50. The molecule has 0 atom stereocenters. The highest BCUT2D eigenvalue weighted by atomic mass is 32.1. The number of benzene rings is 2. The van der Waals surface area contributed by atoms with E-state index in [0.717, 1.165) is 35.2 Å². The number of likely N-dealkylation sites (N-methyl/N-ethyl adjacent to an activating group) is 1. The van der Waals surface area contributed by atoms with Gasteiger partial charge in [0.2, 0.25) is 0 Å². The van der Waals surface area contributed by atoms with Crippen molar-refractivity contribution in [2.45, 2.75) is 26.8 Å². The molecule has 0 aliphatic carbocycles. The zero-order valence-corrected chi connectivity index (χ0v) is 18.0. The number of nitrogens with one attached hydrogen (secondary N) is 1. The Labute approximate surface area is 181 Å². The van der Waals surface area contributed by atoms with Crippen molar-refractivity contribution >= 4 is 40.2 Å². The molecule has 0 radical (unpaired) electrons. The number of thiocarbonyl (C=S) groups is 1. The predicted octanol–water partition coefficient (Wildman–Crippen LogP) is 4.50. The van der Waals surface area contributed by atoms with Crippen LogP contribution >= 0.6 is 12.2 Å². The van der Waals surface area contributed by atoms with Crippen LogP contribution in [0.15, 0.2) is 60.4 Å². The van der Waals surface area contributed by atoms with Gasteiger partial charge in [-0.2, -0.15) is 0 Å². The van der Waals surface area contributed by atoms with Gasteiger partial charge in [0, 0.05) is 35.8 Å². The monoisotopic (exact) mass is 419 g/mol. The standard InChI is InChI=1S/C24H25N3O2S/c1-3-27-23(28)21(25-24(27)30)15-18-16-26(22-8-5-4-7-20(18)22)13-6-14-29-19-11-9-17(2)10-12-19/h4-5,7-12,15-16H,3,6,13-14H2,1-2H3,(H,25,30)/b21-15-. The van der Waals surface area contributed by atoms with Crippen molar-refractivity contribution in [1.82, 2.24) is 14.8 Å². The Morgan fingerprint density at radius 1 is 1.13 bits per heavy atom. The van der Waals surface area contributed by atoms with Gasteiger partial charge in [-0.25, -0.2) is 0 Å². The first kappa shape index (κ1) is 20.2. The molecule has 1 fully saturated rings. The van der Waals surface area contributed by atoms with Gasteiger partial charge in [-0.3, -0.25) is 9.69 Å². The smallest absolute Gasteiger partial charge is 0.276 e. The number of amides is 1. The Kier molecular flexibility index (Phi) is 5.86. The average Bonchev–Trinajstić information content (AvgIpc) is 3.23. The first-order valence-corrected chi connectivity index (χ1v) is 10.6. The molecule has 154 valence electrons. The summed E-state index contributed by atoms with van der Waals surface area (Å²) in [5, 5.41) is 4.62. The first-order chi connectivity index (χ1) is 14.6. The van der Waals surface area contributed by atoms with Crippen LogP contribution in [0, 0.1) is 6.92 Å². The van der Waals surface area contributed by atoms with Crippen LogP contribution in [0.1, 0.15) is 24.5 Å². The van der Waals surface area contributed by atoms with E-state index >= 15 is 0 Å². The minimum atomic E-state index is -0.0779. The summed E-state index contributed by atoms with van der Waals surface area (Å²) < 4.78 is 8.08. The minimum absolute atomic E-state index is 0.0779. The highest BCUT2D eigenvalue weighted by Crippen LogP contribution is 2.25. The molecule has 5 nitrogen and oxygen atoms in total. The van der Waals surface area contributed by atoms with Gasteiger partial charge < -0.3 is 14.6 Å². The average molecular weight is 420 g/mol. The van der Waals surface area contributed by atoms with Gasteiger partial charge in [-0.05, 0) is 56.8 Å². The van der Waals surface area contributed by atoms with Crippen LogP contribution in [-0.4, -0.2) is 33.6 Å². The highest BCUT2D eigenvalue weighted by molar-refractivity contribution is 7.80. The second-order valence-corrected chi connectivity index (χ2v) is 7.73. The number of nitrogens with zero attached hydrogens (tertiary/aromatic N) is 2. The van der Waals surface area contributed by atoms with Crippen LogP contribution < -0.4 is 10.1 Å². The van der Waals surface area contributed by atoms with Gasteiger partial charge in [-0.15, -0.1) is 0 Å². The number of hydrogen-bond acceptors (Lipinski definition) is 3. The minimum Gasteiger partial charge on any atom is -0.494 e. The van der Waals surface area contributed by atoms with E-state index in [4.69, 9.17) is 17.0 Å². The molecule has 1 saturated heterocycles. The van der Waals surface area contributed by atoms with Crippen molar-refractivity contribution in [3.05, 3.63) is 71.6 Å². The van der Waals surface area contributed by atoms with E-state index in [1.807, 2.05) is 37.3 Å². The van der Waals surface area contributed by atoms with E-state index in [9.17, 15) is 4.79 Å². The number of para-hydroxylation sites is 1. The third-order valence-electron chi connectivity index (χ3n) is 5.23. The lowest BCUT2D eigenvalue weighted by Gasteiger charge is -2.08. The van der Waals surface area contributed by atoms with E-state index in [0.29, 0.717) is 24.0 Å². The molecule has 1 amide bonds. The lowest BCUT2D eigenvalue weighted by Crippen LogP contribution is -2.30. The summed E-state index contributed by atoms with van der Waals surface area (Å²) in [6, 6.07) is 16.3. The molecule has 1 aliphatic rings. The molecular formula is C24H25N3O2S. The number of fused-ring (bicyclic) bond motifs is 1. The Bertz CT molecular complexity index is 1120. The van der Waals surface area contributed by atoms with Crippen molar-refractivity contribution in [2.24, 2.45) is 0 Å². The van der Waals surface area contributed by atoms with E-state index in [2.05, 4.69) is 47.3 Å². The molecule has 1 N–H and O–H groups in total. The van der Waals surface area contributed by atoms with Crippen LogP contribution in [0.25, 0.3) is 17.0 Å². The van der Waals surface area contributed by atoms with Gasteiger partial charge in [0.1, 0.15) is 11.4 Å². The summed E-state index contributed by atoms with van der Waals surface area (Å²) in [5.74, 6) is 0.816. The SMILES string of the molecule is CCN1C(=O)/C(=C/c2cn(CCCOc3ccc(C)cc3)c3ccccc23)NC1=S. The molecule has 0 saturated carbocycles. The lowest BCUT2D eigenvalue weighted by atomic mass is 10.1. The van der Waals surface area contributed by atoms with Gasteiger partial charge in [-0.1, -0.05) is 35.9 Å². The van der Waals surface area contributed by atoms with Crippen molar-refractivity contribution in [1.29, 1.82) is 0 Å². The molecule has 4 rings (SSSR count). The zero-order chi connectivity index (χ0) is 21.1. The number of hydrogen-bond donors (Lipinski definition) is 1. The van der Waals surface area contributed by atoms with Crippen LogP contribution in [-0.2, 0) is 11.3 Å². The van der Waals surface area contributed by atoms with E-state index in [1.165, 1.54) is 5.56 Å². The fourth-order valence-electron chi connectivity index (χ4n) is 3.65. The fraction of sp³-hybridized carbons (Fsp3) is 0.250. The van der Waals surface area contributed by atoms with Crippen LogP contribution in [0.2, 0.25) is 0 Å². The van der Waals surface area contributed by atoms with Crippen molar-refractivity contribution in [3.8, 4) is 5.75 Å². The van der Waals surface area contributed by atoms with Crippen LogP contribution in [0.3, 0.4) is 0 Å². The number of rotatable bonds is 7. The molecule has 2 aromatic carbocycles. The lowest BCUT2D eigenvalue weighted by molar-refractivity contribution is -0.122. The zero-order valence-electron chi connectivity index (χ0n) is 17.2. The van der Waals surface area contributed by atoms with Crippen LogP contribution in [0.4, 0.5) is 0 Å². The van der Waals surface area contributed by atoms with Gasteiger partial charge in [0.25, 0.3) is 5.91 Å². The summed E-state index contributed by atoms with van der Waals surface area (Å²) in [4.78, 5) is 14.1. The van der Waals surface area contributed by atoms with Gasteiger partial charge in [0.05, 0.1) is 6.61 Å². The number of aromatic nitrogens is 1. The molecule has 2 heterocycles. The summed E-state index contributed by atoms with van der Waals surface area (Å²) in [7, 11) is 0. The summed E-state index contributed by atoms with van der Waals surface area (Å²) in [5.41, 5.74) is 3.88. The second-order valence-electron chi connectivity index (χ2n) is 7.35. The molecule has 1 aromatic heterocycles. The Morgan fingerprint density at radius 2 is 1.90 bits per heavy atom. The quantitative estimate of drug-likeness (QED) is 0.348. The topological polar surface area (TPSA) is 46.5 Å². The number of carbonyl (C=O) groups is 1. The second kappa shape index (κ2) is 8.71. The summed E-state index contributed by atoms with van der Waals surface area (Å²) in [6.07, 6.45) is 4.87. The van der Waals surface area contributed by atoms with E-state index in [-0.39, 0.29) is 5.91 Å². The molecule has 1 aliphatic heterocycles. The van der Waals surface area contributed by atoms with Crippen molar-refractivity contribution in [3.63, 3.8) is 0 Å². The van der Waals surface area contributed by atoms with E-state index < -0.39 is 0 Å². The summed E-state index contributed by atoms with van der Waals surface area (Å²) in [6.45, 7) is 6.02. The largest absolute Gasteiger partial charge is 0.494 e. The third-order valence-corrected chi connectivity index (χ3v) is 5.55. The maximum Gasteiger partial charge on any atom is 0.276 e. The third kappa shape index (κ3) is 4.09.